The van der Waals surface area contributed by atoms with Crippen LogP contribution in [0.4, 0.5) is 0 Å². The van der Waals surface area contributed by atoms with Gasteiger partial charge in [0.2, 0.25) is 0 Å². The van der Waals surface area contributed by atoms with Crippen molar-refractivity contribution in [2.75, 3.05) is 32.7 Å². The Labute approximate surface area is 168 Å². The lowest BCUT2D eigenvalue weighted by Gasteiger charge is -2.34. The quantitative estimate of drug-likeness (QED) is 0.662. The van der Waals surface area contributed by atoms with Crippen molar-refractivity contribution in [3.05, 3.63) is 71.0 Å². The molecule has 0 aliphatic carbocycles. The summed E-state index contributed by atoms with van der Waals surface area (Å²) in [5.41, 5.74) is 2.05. The molecule has 1 aliphatic heterocycles. The molecule has 0 atom stereocenters. The molecule has 2 aromatic carbocycles. The van der Waals surface area contributed by atoms with Crippen LogP contribution in [0, 0.1) is 0 Å². The molecule has 0 spiro atoms. The Kier molecular flexibility index (Phi) is 5.64. The maximum Gasteiger partial charge on any atom is 0.295 e. The molecule has 1 amide bonds. The minimum atomic E-state index is -0.178. The number of carbonyl (C=O) groups excluding carboxylic acids is 1. The van der Waals surface area contributed by atoms with E-state index in [0.717, 1.165) is 26.1 Å². The van der Waals surface area contributed by atoms with Gasteiger partial charge in [-0.2, -0.15) is 0 Å². The lowest BCUT2D eigenvalue weighted by molar-refractivity contribution is 0.0626. The highest BCUT2D eigenvalue weighted by Gasteiger charge is 2.25. The van der Waals surface area contributed by atoms with Gasteiger partial charge in [0.1, 0.15) is 0 Å². The normalized spacial score (nSPS) is 15.0. The summed E-state index contributed by atoms with van der Waals surface area (Å²) in [6.45, 7) is 4.04. The third-order valence-electron chi connectivity index (χ3n) is 4.88. The molecule has 7 nitrogen and oxygen atoms in total. The molecular formula is C20H21ClN6O. The molecular weight excluding hydrogens is 376 g/mol. The topological polar surface area (TPSA) is 67.2 Å². The van der Waals surface area contributed by atoms with Gasteiger partial charge in [0, 0.05) is 37.7 Å². The average Bonchev–Trinajstić information content (AvgIpc) is 3.24. The molecule has 1 aromatic heterocycles. The summed E-state index contributed by atoms with van der Waals surface area (Å²) in [7, 11) is 0. The molecule has 0 unspecified atom stereocenters. The van der Waals surface area contributed by atoms with Gasteiger partial charge in [-0.1, -0.05) is 41.9 Å². The summed E-state index contributed by atoms with van der Waals surface area (Å²) in [6.07, 6.45) is 1.02. The van der Waals surface area contributed by atoms with E-state index >= 15 is 0 Å². The Hall–Kier alpha value is -2.77. The number of benzene rings is 2. The van der Waals surface area contributed by atoms with Crippen LogP contribution in [-0.4, -0.2) is 68.6 Å². The van der Waals surface area contributed by atoms with Crippen molar-refractivity contribution in [1.82, 2.24) is 30.0 Å². The van der Waals surface area contributed by atoms with E-state index in [4.69, 9.17) is 11.6 Å². The first-order valence-electron chi connectivity index (χ1n) is 9.30. The van der Waals surface area contributed by atoms with Crippen LogP contribution in [0.2, 0.25) is 5.02 Å². The fourth-order valence-corrected chi connectivity index (χ4v) is 3.36. The Morgan fingerprint density at radius 3 is 2.39 bits per heavy atom. The van der Waals surface area contributed by atoms with Crippen molar-refractivity contribution in [3.8, 4) is 5.69 Å². The largest absolute Gasteiger partial charge is 0.333 e. The first-order valence-corrected chi connectivity index (χ1v) is 9.68. The van der Waals surface area contributed by atoms with Gasteiger partial charge >= 0.3 is 0 Å². The molecule has 2 heterocycles. The fraction of sp³-hybridized carbons (Fsp3) is 0.300. The summed E-state index contributed by atoms with van der Waals surface area (Å²) in [5.74, 6) is -0.0596. The highest BCUT2D eigenvalue weighted by molar-refractivity contribution is 6.30. The van der Waals surface area contributed by atoms with Crippen LogP contribution >= 0.6 is 11.6 Å². The molecule has 1 fully saturated rings. The molecule has 4 rings (SSSR count). The maximum absolute atomic E-state index is 12.7. The van der Waals surface area contributed by atoms with Crippen LogP contribution in [0.5, 0.6) is 0 Å². The summed E-state index contributed by atoms with van der Waals surface area (Å²) in [6, 6.07) is 17.5. The SMILES string of the molecule is O=C(c1nnn(-c2ccc(Cl)cc2)n1)N1CCN(CCc2ccccc2)CC1. The number of rotatable bonds is 5. The molecule has 0 saturated carbocycles. The summed E-state index contributed by atoms with van der Waals surface area (Å²) in [4.78, 5) is 18.2. The number of tetrazole rings is 1. The van der Waals surface area contributed by atoms with Crippen LogP contribution in [0.3, 0.4) is 0 Å². The molecule has 0 N–H and O–H groups in total. The van der Waals surface area contributed by atoms with Crippen molar-refractivity contribution in [3.63, 3.8) is 0 Å². The average molecular weight is 397 g/mol. The molecule has 144 valence electrons. The van der Waals surface area contributed by atoms with Gasteiger partial charge in [-0.15, -0.1) is 15.0 Å². The van der Waals surface area contributed by atoms with Gasteiger partial charge in [0.05, 0.1) is 5.69 Å². The lowest BCUT2D eigenvalue weighted by Crippen LogP contribution is -2.49. The van der Waals surface area contributed by atoms with Gasteiger partial charge in [0.15, 0.2) is 0 Å². The van der Waals surface area contributed by atoms with Crippen molar-refractivity contribution in [2.24, 2.45) is 0 Å². The molecule has 8 heteroatoms. The number of nitrogens with zero attached hydrogens (tertiary/aromatic N) is 6. The molecule has 1 saturated heterocycles. The van der Waals surface area contributed by atoms with Gasteiger partial charge in [-0.3, -0.25) is 9.69 Å². The Morgan fingerprint density at radius 2 is 1.68 bits per heavy atom. The van der Waals surface area contributed by atoms with E-state index < -0.39 is 0 Å². The summed E-state index contributed by atoms with van der Waals surface area (Å²) < 4.78 is 0. The van der Waals surface area contributed by atoms with E-state index in [1.807, 2.05) is 6.07 Å². The third-order valence-corrected chi connectivity index (χ3v) is 5.13. The number of hydrogen-bond donors (Lipinski definition) is 0. The van der Waals surface area contributed by atoms with Crippen molar-refractivity contribution in [2.45, 2.75) is 6.42 Å². The van der Waals surface area contributed by atoms with E-state index in [9.17, 15) is 4.79 Å². The number of piperazine rings is 1. The van der Waals surface area contributed by atoms with E-state index in [1.54, 1.807) is 29.2 Å². The summed E-state index contributed by atoms with van der Waals surface area (Å²) >= 11 is 5.89. The highest BCUT2D eigenvalue weighted by atomic mass is 35.5. The van der Waals surface area contributed by atoms with E-state index in [-0.39, 0.29) is 11.7 Å². The molecule has 3 aromatic rings. The fourth-order valence-electron chi connectivity index (χ4n) is 3.23. The molecule has 1 aliphatic rings. The van der Waals surface area contributed by atoms with Crippen molar-refractivity contribution < 1.29 is 4.79 Å². The van der Waals surface area contributed by atoms with E-state index in [2.05, 4.69) is 44.6 Å². The van der Waals surface area contributed by atoms with Gasteiger partial charge in [-0.25, -0.2) is 0 Å². The van der Waals surface area contributed by atoms with Crippen LogP contribution in [0.15, 0.2) is 54.6 Å². The van der Waals surface area contributed by atoms with E-state index in [1.165, 1.54) is 10.4 Å². The summed E-state index contributed by atoms with van der Waals surface area (Å²) in [5, 5.41) is 12.8. The second-order valence-electron chi connectivity index (χ2n) is 6.75. The second-order valence-corrected chi connectivity index (χ2v) is 7.18. The molecule has 0 radical (unpaired) electrons. The zero-order chi connectivity index (χ0) is 19.3. The zero-order valence-corrected chi connectivity index (χ0v) is 16.2. The predicted octanol–water partition coefficient (Wildman–Crippen LogP) is 2.32. The Morgan fingerprint density at radius 1 is 0.964 bits per heavy atom. The molecule has 28 heavy (non-hydrogen) atoms. The van der Waals surface area contributed by atoms with Gasteiger partial charge < -0.3 is 4.90 Å². The number of hydrogen-bond acceptors (Lipinski definition) is 5. The highest BCUT2D eigenvalue weighted by Crippen LogP contribution is 2.12. The van der Waals surface area contributed by atoms with Crippen LogP contribution in [0.1, 0.15) is 16.2 Å². The van der Waals surface area contributed by atoms with Crippen molar-refractivity contribution in [1.29, 1.82) is 0 Å². The number of aromatic nitrogens is 4. The Balaban J connectivity index is 1.31. The smallest absolute Gasteiger partial charge is 0.295 e. The zero-order valence-electron chi connectivity index (χ0n) is 15.4. The second kappa shape index (κ2) is 8.50. The van der Waals surface area contributed by atoms with Crippen molar-refractivity contribution >= 4 is 17.5 Å². The number of halogens is 1. The third kappa shape index (κ3) is 4.37. The Bertz CT molecular complexity index is 919. The van der Waals surface area contributed by atoms with Gasteiger partial charge in [0.25, 0.3) is 11.7 Å². The minimum absolute atomic E-state index is 0.118. The maximum atomic E-state index is 12.7. The first-order chi connectivity index (χ1) is 13.7. The minimum Gasteiger partial charge on any atom is -0.333 e. The lowest BCUT2D eigenvalue weighted by atomic mass is 10.1. The van der Waals surface area contributed by atoms with Gasteiger partial charge in [-0.05, 0) is 41.5 Å². The molecule has 0 bridgehead atoms. The van der Waals surface area contributed by atoms with Crippen LogP contribution in [-0.2, 0) is 6.42 Å². The predicted molar refractivity (Wildman–Crippen MR) is 107 cm³/mol. The van der Waals surface area contributed by atoms with Crippen LogP contribution < -0.4 is 0 Å². The van der Waals surface area contributed by atoms with E-state index in [0.29, 0.717) is 23.8 Å². The monoisotopic (exact) mass is 396 g/mol. The number of carbonyl (C=O) groups is 1. The number of amides is 1. The standard InChI is InChI=1S/C20H21ClN6O/c21-17-6-8-18(9-7-17)27-23-19(22-24-27)20(28)26-14-12-25(13-15-26)11-10-16-4-2-1-3-5-16/h1-9H,10-15H2. The van der Waals surface area contributed by atoms with Crippen LogP contribution in [0.25, 0.3) is 5.69 Å². The first kappa shape index (κ1) is 18.6.